The van der Waals surface area contributed by atoms with Crippen LogP contribution in [0.15, 0.2) is 23.1 Å². The van der Waals surface area contributed by atoms with Crippen molar-refractivity contribution in [3.8, 4) is 0 Å². The van der Waals surface area contributed by atoms with Crippen LogP contribution in [0.1, 0.15) is 6.92 Å². The Kier molecular flexibility index (Phi) is 4.55. The summed E-state index contributed by atoms with van der Waals surface area (Å²) in [6.45, 7) is 5.06. The molecular weight excluding hydrogens is 301 g/mol. The SMILES string of the molecule is CC[NH+]1CCN(S(=O)(=O)c2ccc(F)c([N+](=O)[O-])c2)CC1. The van der Waals surface area contributed by atoms with Gasteiger partial charge in [0.05, 0.1) is 42.5 Å². The fraction of sp³-hybridized carbons (Fsp3) is 0.500. The van der Waals surface area contributed by atoms with E-state index in [2.05, 4.69) is 0 Å². The van der Waals surface area contributed by atoms with Crippen LogP contribution in [-0.4, -0.2) is 50.4 Å². The molecule has 7 nitrogen and oxygen atoms in total. The molecule has 116 valence electrons. The fourth-order valence-corrected chi connectivity index (χ4v) is 3.80. The zero-order chi connectivity index (χ0) is 15.6. The largest absolute Gasteiger partial charge is 0.333 e. The molecule has 9 heteroatoms. The van der Waals surface area contributed by atoms with Gasteiger partial charge in [-0.25, -0.2) is 8.42 Å². The number of likely N-dealkylation sites (N-methyl/N-ethyl adjacent to an activating group) is 1. The van der Waals surface area contributed by atoms with Crippen molar-refractivity contribution >= 4 is 15.7 Å². The summed E-state index contributed by atoms with van der Waals surface area (Å²) in [5.41, 5.74) is -0.825. The number of nitro groups is 1. The van der Waals surface area contributed by atoms with Gasteiger partial charge in [-0.2, -0.15) is 8.70 Å². The van der Waals surface area contributed by atoms with Gasteiger partial charge in [0.1, 0.15) is 0 Å². The van der Waals surface area contributed by atoms with Crippen LogP contribution in [0.3, 0.4) is 0 Å². The standard InChI is InChI=1S/C12H16FN3O4S/c1-2-14-5-7-15(8-6-14)21(19,20)10-3-4-11(13)12(9-10)16(17)18/h3-4,9H,2,5-8H2,1H3/p+1. The Bertz CT molecular complexity index is 642. The molecule has 1 heterocycles. The third kappa shape index (κ3) is 3.20. The van der Waals surface area contributed by atoms with Gasteiger partial charge in [0, 0.05) is 6.07 Å². The van der Waals surface area contributed by atoms with E-state index in [1.807, 2.05) is 6.92 Å². The fourth-order valence-electron chi connectivity index (χ4n) is 2.34. The van der Waals surface area contributed by atoms with Crippen LogP contribution in [-0.2, 0) is 10.0 Å². The van der Waals surface area contributed by atoms with Gasteiger partial charge in [-0.3, -0.25) is 10.1 Å². The number of rotatable bonds is 4. The summed E-state index contributed by atoms with van der Waals surface area (Å²) in [5, 5.41) is 10.7. The Morgan fingerprint density at radius 2 is 2.00 bits per heavy atom. The third-order valence-corrected chi connectivity index (χ3v) is 5.58. The van der Waals surface area contributed by atoms with E-state index in [1.54, 1.807) is 0 Å². The topological polar surface area (TPSA) is 85.0 Å². The van der Waals surface area contributed by atoms with Gasteiger partial charge in [-0.05, 0) is 19.1 Å². The van der Waals surface area contributed by atoms with E-state index in [1.165, 1.54) is 9.21 Å². The maximum Gasteiger partial charge on any atom is 0.306 e. The average Bonchev–Trinajstić information content (AvgIpc) is 2.47. The van der Waals surface area contributed by atoms with E-state index in [4.69, 9.17) is 0 Å². The van der Waals surface area contributed by atoms with Crippen LogP contribution < -0.4 is 4.90 Å². The Hall–Kier alpha value is -1.58. The zero-order valence-corrected chi connectivity index (χ0v) is 12.4. The highest BCUT2D eigenvalue weighted by Gasteiger charge is 2.31. The molecular formula is C12H17FN3O4S+. The lowest BCUT2D eigenvalue weighted by molar-refractivity contribution is -0.901. The molecule has 0 radical (unpaired) electrons. The minimum atomic E-state index is -3.82. The van der Waals surface area contributed by atoms with E-state index in [-0.39, 0.29) is 4.90 Å². The Labute approximate surface area is 122 Å². The average molecular weight is 318 g/mol. The lowest BCUT2D eigenvalue weighted by atomic mass is 10.3. The quantitative estimate of drug-likeness (QED) is 0.607. The van der Waals surface area contributed by atoms with E-state index in [0.717, 1.165) is 24.7 Å². The highest BCUT2D eigenvalue weighted by atomic mass is 32.2. The van der Waals surface area contributed by atoms with Crippen molar-refractivity contribution in [3.63, 3.8) is 0 Å². The first-order chi connectivity index (χ1) is 9.86. The van der Waals surface area contributed by atoms with Crippen LogP contribution in [0.5, 0.6) is 0 Å². The molecule has 0 aliphatic carbocycles. The minimum absolute atomic E-state index is 0.240. The summed E-state index contributed by atoms with van der Waals surface area (Å²) in [4.78, 5) is 10.9. The molecule has 2 rings (SSSR count). The second-order valence-electron chi connectivity index (χ2n) is 4.88. The maximum atomic E-state index is 13.3. The van der Waals surface area contributed by atoms with Crippen molar-refractivity contribution < 1.29 is 22.6 Å². The van der Waals surface area contributed by atoms with Gasteiger partial charge in [0.2, 0.25) is 15.8 Å². The zero-order valence-electron chi connectivity index (χ0n) is 11.6. The number of nitrogens with one attached hydrogen (secondary N) is 1. The van der Waals surface area contributed by atoms with Crippen molar-refractivity contribution in [2.45, 2.75) is 11.8 Å². The smallest absolute Gasteiger partial charge is 0.306 e. The number of nitrogens with zero attached hydrogens (tertiary/aromatic N) is 2. The first-order valence-electron chi connectivity index (χ1n) is 6.64. The normalized spacial score (nSPS) is 17.8. The van der Waals surface area contributed by atoms with Crippen LogP contribution >= 0.6 is 0 Å². The molecule has 1 aliphatic rings. The summed E-state index contributed by atoms with van der Waals surface area (Å²) < 4.78 is 39.5. The summed E-state index contributed by atoms with van der Waals surface area (Å²) in [6.07, 6.45) is 0. The van der Waals surface area contributed by atoms with E-state index in [0.29, 0.717) is 26.2 Å². The number of quaternary nitrogens is 1. The monoisotopic (exact) mass is 318 g/mol. The van der Waals surface area contributed by atoms with Gasteiger partial charge >= 0.3 is 5.69 Å². The van der Waals surface area contributed by atoms with Crippen LogP contribution in [0, 0.1) is 15.9 Å². The summed E-state index contributed by atoms with van der Waals surface area (Å²) >= 11 is 0. The molecule has 0 bridgehead atoms. The van der Waals surface area contributed by atoms with Crippen molar-refractivity contribution in [1.82, 2.24) is 4.31 Å². The van der Waals surface area contributed by atoms with Crippen LogP contribution in [0.2, 0.25) is 0 Å². The molecule has 0 unspecified atom stereocenters. The van der Waals surface area contributed by atoms with Gasteiger partial charge < -0.3 is 4.90 Å². The molecule has 0 amide bonds. The van der Waals surface area contributed by atoms with Crippen LogP contribution in [0.25, 0.3) is 0 Å². The summed E-state index contributed by atoms with van der Waals surface area (Å²) in [5.74, 6) is -1.04. The summed E-state index contributed by atoms with van der Waals surface area (Å²) in [7, 11) is -3.82. The number of hydrogen-bond donors (Lipinski definition) is 1. The van der Waals surface area contributed by atoms with Crippen LogP contribution in [0.4, 0.5) is 10.1 Å². The van der Waals surface area contributed by atoms with E-state index in [9.17, 15) is 22.9 Å². The molecule has 1 saturated heterocycles. The van der Waals surface area contributed by atoms with E-state index >= 15 is 0 Å². The summed E-state index contributed by atoms with van der Waals surface area (Å²) in [6, 6.07) is 2.67. The number of piperazine rings is 1. The highest BCUT2D eigenvalue weighted by molar-refractivity contribution is 7.89. The van der Waals surface area contributed by atoms with Gasteiger partial charge in [0.25, 0.3) is 0 Å². The molecule has 0 aromatic heterocycles. The molecule has 1 N–H and O–H groups in total. The number of benzene rings is 1. The lowest BCUT2D eigenvalue weighted by Gasteiger charge is -2.30. The highest BCUT2D eigenvalue weighted by Crippen LogP contribution is 2.23. The molecule has 0 spiro atoms. The third-order valence-electron chi connectivity index (χ3n) is 3.68. The van der Waals surface area contributed by atoms with Gasteiger partial charge in [-0.15, -0.1) is 0 Å². The molecule has 21 heavy (non-hydrogen) atoms. The second-order valence-corrected chi connectivity index (χ2v) is 6.82. The molecule has 1 aromatic rings. The Balaban J connectivity index is 2.28. The minimum Gasteiger partial charge on any atom is -0.333 e. The molecule has 0 atom stereocenters. The molecule has 1 fully saturated rings. The van der Waals surface area contributed by atoms with Crippen molar-refractivity contribution in [1.29, 1.82) is 0 Å². The van der Waals surface area contributed by atoms with Gasteiger partial charge in [0.15, 0.2) is 0 Å². The molecule has 1 aliphatic heterocycles. The Morgan fingerprint density at radius 1 is 1.38 bits per heavy atom. The first kappa shape index (κ1) is 15.8. The van der Waals surface area contributed by atoms with Crippen molar-refractivity contribution in [3.05, 3.63) is 34.1 Å². The molecule has 0 saturated carbocycles. The maximum absolute atomic E-state index is 13.3. The predicted molar refractivity (Wildman–Crippen MR) is 73.1 cm³/mol. The van der Waals surface area contributed by atoms with E-state index < -0.39 is 26.5 Å². The van der Waals surface area contributed by atoms with Crippen molar-refractivity contribution in [2.75, 3.05) is 32.7 Å². The Morgan fingerprint density at radius 3 is 2.52 bits per heavy atom. The van der Waals surface area contributed by atoms with Gasteiger partial charge in [-0.1, -0.05) is 0 Å². The first-order valence-corrected chi connectivity index (χ1v) is 8.08. The molecule has 1 aromatic carbocycles. The number of nitro benzene ring substituents is 1. The number of hydrogen-bond acceptors (Lipinski definition) is 4. The number of halogens is 1. The second kappa shape index (κ2) is 6.04. The lowest BCUT2D eigenvalue weighted by Crippen LogP contribution is -3.14. The van der Waals surface area contributed by atoms with Crippen molar-refractivity contribution in [2.24, 2.45) is 0 Å². The predicted octanol–water partition coefficient (Wildman–Crippen LogP) is -0.357. The number of sulfonamides is 1.